The Labute approximate surface area is 104 Å². The topological polar surface area (TPSA) is 40.7 Å². The molecule has 3 rings (SSSR count). The number of fused-ring (bicyclic) bond motifs is 1. The van der Waals surface area contributed by atoms with Gasteiger partial charge >= 0.3 is 0 Å². The van der Waals surface area contributed by atoms with E-state index in [0.29, 0.717) is 6.54 Å². The van der Waals surface area contributed by atoms with Crippen LogP contribution < -0.4 is 5.32 Å². The first-order chi connectivity index (χ1) is 8.83. The molecule has 0 saturated carbocycles. The summed E-state index contributed by atoms with van der Waals surface area (Å²) in [4.78, 5) is 7.30. The molecule has 0 fully saturated rings. The molecule has 0 bridgehead atoms. The van der Waals surface area contributed by atoms with Crippen LogP contribution in [0.1, 0.15) is 5.56 Å². The van der Waals surface area contributed by atoms with Gasteiger partial charge in [-0.3, -0.25) is 0 Å². The lowest BCUT2D eigenvalue weighted by Crippen LogP contribution is -1.98. The average molecular weight is 241 g/mol. The van der Waals surface area contributed by atoms with Crippen LogP contribution in [0.3, 0.4) is 0 Å². The summed E-state index contributed by atoms with van der Waals surface area (Å²) in [6.07, 6.45) is 3.62. The second-order valence-electron chi connectivity index (χ2n) is 4.09. The van der Waals surface area contributed by atoms with Gasteiger partial charge in [-0.1, -0.05) is 12.1 Å². The number of nitrogens with zero attached hydrogens (tertiary/aromatic N) is 1. The maximum atomic E-state index is 13.0. The predicted molar refractivity (Wildman–Crippen MR) is 69.8 cm³/mol. The maximum absolute atomic E-state index is 13.0. The zero-order chi connectivity index (χ0) is 12.4. The fourth-order valence-corrected chi connectivity index (χ4v) is 1.95. The number of aromatic amines is 1. The van der Waals surface area contributed by atoms with Crippen LogP contribution in [0.25, 0.3) is 11.0 Å². The number of aromatic nitrogens is 2. The van der Waals surface area contributed by atoms with Crippen LogP contribution in [0.4, 0.5) is 10.1 Å². The minimum Gasteiger partial charge on any atom is -0.379 e. The van der Waals surface area contributed by atoms with E-state index in [9.17, 15) is 4.39 Å². The van der Waals surface area contributed by atoms with E-state index in [1.807, 2.05) is 24.4 Å². The Morgan fingerprint density at radius 1 is 1.22 bits per heavy atom. The molecule has 0 unspecified atom stereocenters. The molecular formula is C14H12FN3. The van der Waals surface area contributed by atoms with E-state index >= 15 is 0 Å². The first kappa shape index (κ1) is 10.8. The van der Waals surface area contributed by atoms with E-state index in [-0.39, 0.29) is 5.82 Å². The Morgan fingerprint density at radius 2 is 2.17 bits per heavy atom. The summed E-state index contributed by atoms with van der Waals surface area (Å²) in [6, 6.07) is 10.5. The number of halogens is 1. The Bertz CT molecular complexity index is 675. The molecule has 2 heterocycles. The SMILES string of the molecule is Fc1cccc(CNc2c[nH]c3ncccc23)c1. The summed E-state index contributed by atoms with van der Waals surface area (Å²) >= 11 is 0. The molecule has 0 aliphatic heterocycles. The minimum absolute atomic E-state index is 0.213. The Morgan fingerprint density at radius 3 is 3.06 bits per heavy atom. The van der Waals surface area contributed by atoms with E-state index in [4.69, 9.17) is 0 Å². The number of hydrogen-bond acceptors (Lipinski definition) is 2. The molecule has 90 valence electrons. The molecule has 0 atom stereocenters. The Hall–Kier alpha value is -2.36. The number of pyridine rings is 1. The van der Waals surface area contributed by atoms with Crippen molar-refractivity contribution in [3.05, 3.63) is 60.2 Å². The highest BCUT2D eigenvalue weighted by Gasteiger charge is 2.03. The number of benzene rings is 1. The number of H-pyrrole nitrogens is 1. The molecule has 0 saturated heterocycles. The molecule has 0 aliphatic rings. The lowest BCUT2D eigenvalue weighted by Gasteiger charge is -2.05. The molecule has 18 heavy (non-hydrogen) atoms. The molecule has 0 amide bonds. The molecule has 1 aromatic carbocycles. The van der Waals surface area contributed by atoms with Crippen molar-refractivity contribution in [2.24, 2.45) is 0 Å². The third-order valence-corrected chi connectivity index (χ3v) is 2.82. The van der Waals surface area contributed by atoms with Crippen molar-refractivity contribution < 1.29 is 4.39 Å². The highest BCUT2D eigenvalue weighted by molar-refractivity contribution is 5.89. The second kappa shape index (κ2) is 4.49. The number of rotatable bonds is 3. The highest BCUT2D eigenvalue weighted by atomic mass is 19.1. The van der Waals surface area contributed by atoms with Crippen LogP contribution in [0.2, 0.25) is 0 Å². The van der Waals surface area contributed by atoms with Crippen LogP contribution in [0.5, 0.6) is 0 Å². The van der Waals surface area contributed by atoms with Crippen molar-refractivity contribution in [3.63, 3.8) is 0 Å². The van der Waals surface area contributed by atoms with Gasteiger partial charge in [0.1, 0.15) is 11.5 Å². The monoisotopic (exact) mass is 241 g/mol. The van der Waals surface area contributed by atoms with Gasteiger partial charge in [-0.05, 0) is 29.8 Å². The molecule has 2 N–H and O–H groups in total. The van der Waals surface area contributed by atoms with Gasteiger partial charge in [-0.15, -0.1) is 0 Å². The minimum atomic E-state index is -0.213. The fraction of sp³-hybridized carbons (Fsp3) is 0.0714. The molecule has 0 spiro atoms. The van der Waals surface area contributed by atoms with Gasteiger partial charge in [0.15, 0.2) is 0 Å². The maximum Gasteiger partial charge on any atom is 0.139 e. The van der Waals surface area contributed by atoms with Gasteiger partial charge in [0.25, 0.3) is 0 Å². The van der Waals surface area contributed by atoms with Crippen LogP contribution in [-0.4, -0.2) is 9.97 Å². The fourth-order valence-electron chi connectivity index (χ4n) is 1.95. The normalized spacial score (nSPS) is 10.7. The third kappa shape index (κ3) is 2.05. The van der Waals surface area contributed by atoms with Gasteiger partial charge in [0.05, 0.1) is 5.69 Å². The molecule has 3 nitrogen and oxygen atoms in total. The highest BCUT2D eigenvalue weighted by Crippen LogP contribution is 2.21. The second-order valence-corrected chi connectivity index (χ2v) is 4.09. The summed E-state index contributed by atoms with van der Waals surface area (Å²) in [5.74, 6) is -0.213. The molecule has 0 radical (unpaired) electrons. The smallest absolute Gasteiger partial charge is 0.139 e. The Kier molecular flexibility index (Phi) is 2.68. The molecule has 4 heteroatoms. The standard InChI is InChI=1S/C14H12FN3/c15-11-4-1-3-10(7-11)8-17-13-9-18-14-12(13)5-2-6-16-14/h1-7,9,17H,8H2,(H,16,18). The molecular weight excluding hydrogens is 229 g/mol. The van der Waals surface area contributed by atoms with Crippen LogP contribution in [0.15, 0.2) is 48.8 Å². The molecule has 3 aromatic rings. The Balaban J connectivity index is 1.81. The summed E-state index contributed by atoms with van der Waals surface area (Å²) in [6.45, 7) is 0.583. The van der Waals surface area contributed by atoms with Crippen molar-refractivity contribution in [1.82, 2.24) is 9.97 Å². The predicted octanol–water partition coefficient (Wildman–Crippen LogP) is 3.31. The van der Waals surface area contributed by atoms with Crippen molar-refractivity contribution in [2.75, 3.05) is 5.32 Å². The molecule has 2 aromatic heterocycles. The molecule has 0 aliphatic carbocycles. The van der Waals surface area contributed by atoms with Crippen LogP contribution in [0, 0.1) is 5.82 Å². The first-order valence-electron chi connectivity index (χ1n) is 5.73. The first-order valence-corrected chi connectivity index (χ1v) is 5.73. The zero-order valence-electron chi connectivity index (χ0n) is 9.65. The number of anilines is 1. The van der Waals surface area contributed by atoms with E-state index in [1.165, 1.54) is 12.1 Å². The van der Waals surface area contributed by atoms with Crippen molar-refractivity contribution in [3.8, 4) is 0 Å². The summed E-state index contributed by atoms with van der Waals surface area (Å²) in [5.41, 5.74) is 2.73. The van der Waals surface area contributed by atoms with Crippen LogP contribution >= 0.6 is 0 Å². The summed E-state index contributed by atoms with van der Waals surface area (Å²) in [7, 11) is 0. The quantitative estimate of drug-likeness (QED) is 0.738. The van der Waals surface area contributed by atoms with Gasteiger partial charge in [-0.25, -0.2) is 9.37 Å². The van der Waals surface area contributed by atoms with E-state index in [1.54, 1.807) is 12.3 Å². The van der Waals surface area contributed by atoms with E-state index < -0.39 is 0 Å². The number of hydrogen-bond donors (Lipinski definition) is 2. The van der Waals surface area contributed by atoms with Gasteiger partial charge in [0, 0.05) is 24.3 Å². The van der Waals surface area contributed by atoms with Gasteiger partial charge in [0.2, 0.25) is 0 Å². The van der Waals surface area contributed by atoms with Gasteiger partial charge in [-0.2, -0.15) is 0 Å². The average Bonchev–Trinajstić information content (AvgIpc) is 2.80. The van der Waals surface area contributed by atoms with E-state index in [0.717, 1.165) is 22.3 Å². The lowest BCUT2D eigenvalue weighted by atomic mass is 10.2. The van der Waals surface area contributed by atoms with Gasteiger partial charge < -0.3 is 10.3 Å². The van der Waals surface area contributed by atoms with Crippen LogP contribution in [-0.2, 0) is 6.54 Å². The van der Waals surface area contributed by atoms with Crippen molar-refractivity contribution >= 4 is 16.7 Å². The lowest BCUT2D eigenvalue weighted by molar-refractivity contribution is 0.626. The third-order valence-electron chi connectivity index (χ3n) is 2.82. The summed E-state index contributed by atoms with van der Waals surface area (Å²) in [5, 5.41) is 4.31. The van der Waals surface area contributed by atoms with Crippen molar-refractivity contribution in [2.45, 2.75) is 6.54 Å². The van der Waals surface area contributed by atoms with E-state index in [2.05, 4.69) is 15.3 Å². The zero-order valence-corrected chi connectivity index (χ0v) is 9.65. The summed E-state index contributed by atoms with van der Waals surface area (Å²) < 4.78 is 13.0. The number of nitrogens with one attached hydrogen (secondary N) is 2. The van der Waals surface area contributed by atoms with Crippen molar-refractivity contribution in [1.29, 1.82) is 0 Å². The largest absolute Gasteiger partial charge is 0.379 e.